The maximum Gasteiger partial charge on any atom is 0.259 e. The van der Waals surface area contributed by atoms with Gasteiger partial charge in [0.1, 0.15) is 6.04 Å². The number of amides is 2. The second-order valence-corrected chi connectivity index (χ2v) is 9.84. The van der Waals surface area contributed by atoms with E-state index in [0.717, 1.165) is 43.7 Å². The topological polar surface area (TPSA) is 52.7 Å². The van der Waals surface area contributed by atoms with Crippen LogP contribution in [0.5, 0.6) is 0 Å². The Kier molecular flexibility index (Phi) is 6.96. The molecule has 0 aliphatic carbocycles. The van der Waals surface area contributed by atoms with E-state index in [-0.39, 0.29) is 11.8 Å². The summed E-state index contributed by atoms with van der Waals surface area (Å²) in [7, 11) is 0. The number of aryl methyl sites for hydroxylation is 1. The number of carbonyl (C=O) groups excluding carboxylic acids is 2. The van der Waals surface area contributed by atoms with Gasteiger partial charge in [0.05, 0.1) is 0 Å². The van der Waals surface area contributed by atoms with Crippen LogP contribution < -0.4 is 10.2 Å². The van der Waals surface area contributed by atoms with Crippen LogP contribution in [-0.2, 0) is 17.8 Å². The Bertz CT molecular complexity index is 1170. The van der Waals surface area contributed by atoms with Crippen LogP contribution in [0.3, 0.4) is 0 Å². The molecule has 5 nitrogen and oxygen atoms in total. The second-order valence-electron chi connectivity index (χ2n) is 9.84. The molecule has 35 heavy (non-hydrogen) atoms. The number of rotatable bonds is 6. The molecule has 2 aliphatic heterocycles. The molecule has 1 atom stereocenters. The largest absolute Gasteiger partial charge is 0.354 e. The number of fused-ring (bicyclic) bond motifs is 1. The van der Waals surface area contributed by atoms with Crippen molar-refractivity contribution in [2.45, 2.75) is 38.8 Å². The Hall–Kier alpha value is -3.44. The van der Waals surface area contributed by atoms with Gasteiger partial charge in [0.2, 0.25) is 5.91 Å². The van der Waals surface area contributed by atoms with E-state index in [9.17, 15) is 9.59 Å². The van der Waals surface area contributed by atoms with Gasteiger partial charge in [0.25, 0.3) is 5.91 Å². The predicted molar refractivity (Wildman–Crippen MR) is 139 cm³/mol. The molecule has 1 fully saturated rings. The Morgan fingerprint density at radius 1 is 0.886 bits per heavy atom. The van der Waals surface area contributed by atoms with Crippen LogP contribution in [0.1, 0.15) is 39.9 Å². The summed E-state index contributed by atoms with van der Waals surface area (Å²) in [5, 5.41) is 3.18. The van der Waals surface area contributed by atoms with Crippen LogP contribution in [0.25, 0.3) is 0 Å². The summed E-state index contributed by atoms with van der Waals surface area (Å²) >= 11 is 0. The molecule has 3 aromatic rings. The van der Waals surface area contributed by atoms with Crippen molar-refractivity contribution in [3.63, 3.8) is 0 Å². The molecule has 0 aromatic heterocycles. The lowest BCUT2D eigenvalue weighted by Gasteiger charge is -2.32. The van der Waals surface area contributed by atoms with Gasteiger partial charge in [0.15, 0.2) is 0 Å². The van der Waals surface area contributed by atoms with Crippen LogP contribution in [0, 0.1) is 12.8 Å². The zero-order valence-corrected chi connectivity index (χ0v) is 20.3. The lowest BCUT2D eigenvalue weighted by atomic mass is 9.96. The summed E-state index contributed by atoms with van der Waals surface area (Å²) in [4.78, 5) is 30.9. The number of nitrogens with one attached hydrogen (secondary N) is 1. The third kappa shape index (κ3) is 5.30. The molecular formula is C30H33N3O2. The fourth-order valence-electron chi connectivity index (χ4n) is 5.23. The van der Waals surface area contributed by atoms with Gasteiger partial charge in [0, 0.05) is 30.8 Å². The van der Waals surface area contributed by atoms with Crippen molar-refractivity contribution in [2.24, 2.45) is 5.92 Å². The van der Waals surface area contributed by atoms with E-state index in [4.69, 9.17) is 0 Å². The summed E-state index contributed by atoms with van der Waals surface area (Å²) in [5.41, 5.74) is 5.12. The highest BCUT2D eigenvalue weighted by molar-refractivity contribution is 6.11. The third-order valence-corrected chi connectivity index (χ3v) is 7.32. The lowest BCUT2D eigenvalue weighted by molar-refractivity contribution is -0.122. The van der Waals surface area contributed by atoms with Crippen molar-refractivity contribution in [3.8, 4) is 0 Å². The maximum atomic E-state index is 13.4. The zero-order valence-electron chi connectivity index (χ0n) is 20.3. The quantitative estimate of drug-likeness (QED) is 0.577. The van der Waals surface area contributed by atoms with E-state index in [1.165, 1.54) is 11.1 Å². The molecule has 2 heterocycles. The fraction of sp³-hybridized carbons (Fsp3) is 0.333. The van der Waals surface area contributed by atoms with Crippen molar-refractivity contribution >= 4 is 17.5 Å². The second kappa shape index (κ2) is 10.4. The number of hydrogen-bond acceptors (Lipinski definition) is 3. The van der Waals surface area contributed by atoms with Gasteiger partial charge in [-0.05, 0) is 68.1 Å². The highest BCUT2D eigenvalue weighted by Gasteiger charge is 2.38. The molecule has 1 saturated heterocycles. The first-order valence-electron chi connectivity index (χ1n) is 12.6. The SMILES string of the molecule is Cc1ccc(CN2CCC(CNC(=O)[C@H]3Cc4ccccc4N3C(=O)c3ccccc3)CC2)cc1. The van der Waals surface area contributed by atoms with Gasteiger partial charge in [-0.25, -0.2) is 0 Å². The molecule has 2 aliphatic rings. The van der Waals surface area contributed by atoms with Gasteiger partial charge in [-0.15, -0.1) is 0 Å². The summed E-state index contributed by atoms with van der Waals surface area (Å²) in [6, 6.07) is 25.3. The highest BCUT2D eigenvalue weighted by Crippen LogP contribution is 2.33. The molecule has 180 valence electrons. The predicted octanol–water partition coefficient (Wildman–Crippen LogP) is 4.59. The molecule has 5 rings (SSSR count). The van der Waals surface area contributed by atoms with E-state index in [1.54, 1.807) is 4.90 Å². The average molecular weight is 468 g/mol. The standard InChI is InChI=1S/C30H33N3O2/c1-22-11-13-24(14-12-22)21-32-17-15-23(16-18-32)20-31-29(34)28-19-26-9-5-6-10-27(26)33(28)30(35)25-7-3-2-4-8-25/h2-14,23,28H,15-21H2,1H3,(H,31,34)/t28-/m1/s1. The Morgan fingerprint density at radius 3 is 2.31 bits per heavy atom. The molecule has 0 saturated carbocycles. The van der Waals surface area contributed by atoms with E-state index in [0.29, 0.717) is 24.4 Å². The summed E-state index contributed by atoms with van der Waals surface area (Å²) in [6.07, 6.45) is 2.70. The van der Waals surface area contributed by atoms with Crippen LogP contribution in [-0.4, -0.2) is 42.4 Å². The van der Waals surface area contributed by atoms with Gasteiger partial charge in [-0.2, -0.15) is 0 Å². The molecule has 3 aromatic carbocycles. The number of nitrogens with zero attached hydrogens (tertiary/aromatic N) is 2. The molecule has 2 amide bonds. The van der Waals surface area contributed by atoms with E-state index in [1.807, 2.05) is 54.6 Å². The zero-order chi connectivity index (χ0) is 24.2. The first kappa shape index (κ1) is 23.3. The molecule has 1 N–H and O–H groups in total. The molecule has 0 unspecified atom stereocenters. The van der Waals surface area contributed by atoms with Crippen molar-refractivity contribution in [1.29, 1.82) is 0 Å². The van der Waals surface area contributed by atoms with Crippen molar-refractivity contribution in [2.75, 3.05) is 24.5 Å². The summed E-state index contributed by atoms with van der Waals surface area (Å²) in [5.74, 6) is 0.281. The van der Waals surface area contributed by atoms with Crippen molar-refractivity contribution in [1.82, 2.24) is 10.2 Å². The van der Waals surface area contributed by atoms with Crippen molar-refractivity contribution < 1.29 is 9.59 Å². The van der Waals surface area contributed by atoms with Crippen LogP contribution in [0.2, 0.25) is 0 Å². The molecular weight excluding hydrogens is 434 g/mol. The minimum Gasteiger partial charge on any atom is -0.354 e. The minimum atomic E-state index is -0.512. The Balaban J connectivity index is 1.18. The average Bonchev–Trinajstić information content (AvgIpc) is 3.29. The number of likely N-dealkylation sites (tertiary alicyclic amines) is 1. The summed E-state index contributed by atoms with van der Waals surface area (Å²) < 4.78 is 0. The van der Waals surface area contributed by atoms with E-state index in [2.05, 4.69) is 41.4 Å². The molecule has 0 bridgehead atoms. The van der Waals surface area contributed by atoms with Crippen molar-refractivity contribution in [3.05, 3.63) is 101 Å². The van der Waals surface area contributed by atoms with E-state index < -0.39 is 6.04 Å². The van der Waals surface area contributed by atoms with E-state index >= 15 is 0 Å². The third-order valence-electron chi connectivity index (χ3n) is 7.32. The van der Waals surface area contributed by atoms with Crippen LogP contribution in [0.4, 0.5) is 5.69 Å². The van der Waals surface area contributed by atoms with Crippen LogP contribution >= 0.6 is 0 Å². The number of anilines is 1. The number of hydrogen-bond donors (Lipinski definition) is 1. The smallest absolute Gasteiger partial charge is 0.259 e. The Labute approximate surface area is 207 Å². The fourth-order valence-corrected chi connectivity index (χ4v) is 5.23. The first-order valence-corrected chi connectivity index (χ1v) is 12.6. The van der Waals surface area contributed by atoms with Gasteiger partial charge < -0.3 is 5.32 Å². The minimum absolute atomic E-state index is 0.0624. The Morgan fingerprint density at radius 2 is 1.57 bits per heavy atom. The highest BCUT2D eigenvalue weighted by atomic mass is 16.2. The number of carbonyl (C=O) groups is 2. The normalized spacial score (nSPS) is 18.3. The number of benzene rings is 3. The van der Waals surface area contributed by atoms with Gasteiger partial charge in [-0.1, -0.05) is 66.2 Å². The summed E-state index contributed by atoms with van der Waals surface area (Å²) in [6.45, 7) is 5.85. The molecule has 0 spiro atoms. The van der Waals surface area contributed by atoms with Gasteiger partial charge in [-0.3, -0.25) is 19.4 Å². The number of para-hydroxylation sites is 1. The monoisotopic (exact) mass is 467 g/mol. The van der Waals surface area contributed by atoms with Gasteiger partial charge >= 0.3 is 0 Å². The number of piperidine rings is 1. The molecule has 5 heteroatoms. The first-order chi connectivity index (χ1) is 17.1. The van der Waals surface area contributed by atoms with Crippen LogP contribution in [0.15, 0.2) is 78.9 Å². The maximum absolute atomic E-state index is 13.4. The lowest BCUT2D eigenvalue weighted by Crippen LogP contribution is -2.49. The molecule has 0 radical (unpaired) electrons.